The highest BCUT2D eigenvalue weighted by Gasteiger charge is 2.23. The first-order chi connectivity index (χ1) is 12.9. The Morgan fingerprint density at radius 3 is 3.08 bits per heavy atom. The van der Waals surface area contributed by atoms with Crippen molar-refractivity contribution in [2.45, 2.75) is 31.9 Å². The van der Waals surface area contributed by atoms with Gasteiger partial charge in [0.05, 0.1) is 0 Å². The second-order valence-corrected chi connectivity index (χ2v) is 6.39. The van der Waals surface area contributed by atoms with Gasteiger partial charge in [-0.05, 0) is 25.0 Å². The van der Waals surface area contributed by atoms with Crippen LogP contribution in [0.15, 0.2) is 51.7 Å². The Balaban J connectivity index is 1.33. The van der Waals surface area contributed by atoms with Gasteiger partial charge in [0.25, 0.3) is 5.89 Å². The topological polar surface area (TPSA) is 79.1 Å². The van der Waals surface area contributed by atoms with Gasteiger partial charge in [-0.2, -0.15) is 4.98 Å². The van der Waals surface area contributed by atoms with Crippen molar-refractivity contribution in [1.82, 2.24) is 19.7 Å². The molecule has 0 bridgehead atoms. The fraction of sp³-hybridized carbons (Fsp3) is 0.316. The van der Waals surface area contributed by atoms with Crippen molar-refractivity contribution in [2.75, 3.05) is 6.61 Å². The minimum atomic E-state index is -0.0457. The van der Waals surface area contributed by atoms with Crippen molar-refractivity contribution in [1.29, 1.82) is 0 Å². The Bertz CT molecular complexity index is 993. The predicted molar refractivity (Wildman–Crippen MR) is 93.4 cm³/mol. The molecule has 0 radical (unpaired) electrons. The highest BCUT2D eigenvalue weighted by molar-refractivity contribution is 5.81. The van der Waals surface area contributed by atoms with Gasteiger partial charge in [-0.1, -0.05) is 23.4 Å². The molecule has 1 atom stereocenters. The van der Waals surface area contributed by atoms with Crippen LogP contribution >= 0.6 is 0 Å². The van der Waals surface area contributed by atoms with Gasteiger partial charge < -0.3 is 18.2 Å². The molecule has 3 aromatic heterocycles. The summed E-state index contributed by atoms with van der Waals surface area (Å²) in [5.41, 5.74) is 0.858. The van der Waals surface area contributed by atoms with Crippen LogP contribution in [-0.2, 0) is 17.7 Å². The molecular weight excluding hydrogens is 332 g/mol. The molecule has 0 saturated carbocycles. The molecule has 0 aliphatic carbocycles. The van der Waals surface area contributed by atoms with Crippen LogP contribution in [0.25, 0.3) is 22.6 Å². The Morgan fingerprint density at radius 1 is 1.23 bits per heavy atom. The summed E-state index contributed by atoms with van der Waals surface area (Å²) in [5, 5.41) is 5.14. The fourth-order valence-corrected chi connectivity index (χ4v) is 3.30. The highest BCUT2D eigenvalue weighted by atomic mass is 16.5. The molecule has 0 N–H and O–H groups in total. The molecule has 7 heteroatoms. The van der Waals surface area contributed by atoms with Crippen molar-refractivity contribution in [3.05, 3.63) is 54.4 Å². The van der Waals surface area contributed by atoms with Gasteiger partial charge in [-0.15, -0.1) is 0 Å². The SMILES string of the molecule is c1ccc2oc(-c3nccn3CCc3noc([C@@H]4CCCO4)n3)cc2c1. The third-order valence-electron chi connectivity index (χ3n) is 4.63. The van der Waals surface area contributed by atoms with Crippen LogP contribution in [0, 0.1) is 0 Å². The van der Waals surface area contributed by atoms with Crippen LogP contribution in [0.3, 0.4) is 0 Å². The second-order valence-electron chi connectivity index (χ2n) is 6.39. The van der Waals surface area contributed by atoms with Gasteiger partial charge in [0.15, 0.2) is 17.4 Å². The van der Waals surface area contributed by atoms with Gasteiger partial charge in [-0.3, -0.25) is 0 Å². The average Bonchev–Trinajstić information content (AvgIpc) is 3.46. The van der Waals surface area contributed by atoms with E-state index in [1.807, 2.05) is 41.1 Å². The fourth-order valence-electron chi connectivity index (χ4n) is 3.30. The molecule has 26 heavy (non-hydrogen) atoms. The van der Waals surface area contributed by atoms with Crippen LogP contribution in [0.4, 0.5) is 0 Å². The second kappa shape index (κ2) is 6.42. The highest BCUT2D eigenvalue weighted by Crippen LogP contribution is 2.28. The van der Waals surface area contributed by atoms with Crippen molar-refractivity contribution < 1.29 is 13.7 Å². The summed E-state index contributed by atoms with van der Waals surface area (Å²) in [6.07, 6.45) is 6.30. The summed E-state index contributed by atoms with van der Waals surface area (Å²) in [6, 6.07) is 9.96. The van der Waals surface area contributed by atoms with E-state index in [9.17, 15) is 0 Å². The molecule has 1 fully saturated rings. The number of aromatic nitrogens is 4. The first-order valence-electron chi connectivity index (χ1n) is 8.81. The zero-order valence-corrected chi connectivity index (χ0v) is 14.2. The largest absolute Gasteiger partial charge is 0.453 e. The lowest BCUT2D eigenvalue weighted by Crippen LogP contribution is -2.04. The van der Waals surface area contributed by atoms with Gasteiger partial charge in [0, 0.05) is 37.4 Å². The third-order valence-corrected chi connectivity index (χ3v) is 4.63. The summed E-state index contributed by atoms with van der Waals surface area (Å²) in [5.74, 6) is 2.81. The number of nitrogens with zero attached hydrogens (tertiary/aromatic N) is 4. The van der Waals surface area contributed by atoms with Crippen LogP contribution in [0.5, 0.6) is 0 Å². The number of benzene rings is 1. The Labute approximate surface area is 149 Å². The third kappa shape index (κ3) is 2.80. The minimum Gasteiger partial charge on any atom is -0.453 e. The maximum atomic E-state index is 5.93. The van der Waals surface area contributed by atoms with Crippen LogP contribution in [0.2, 0.25) is 0 Å². The first-order valence-corrected chi connectivity index (χ1v) is 8.81. The number of imidazole rings is 1. The number of hydrogen-bond acceptors (Lipinski definition) is 6. The van der Waals surface area contributed by atoms with E-state index in [1.54, 1.807) is 6.20 Å². The molecular formula is C19H18N4O3. The number of furan rings is 1. The molecule has 132 valence electrons. The number of fused-ring (bicyclic) bond motifs is 1. The maximum Gasteiger partial charge on any atom is 0.255 e. The van der Waals surface area contributed by atoms with E-state index in [0.29, 0.717) is 24.7 Å². The maximum absolute atomic E-state index is 5.93. The standard InChI is InChI=1S/C19H18N4O3/c1-2-5-14-13(4-1)12-16(25-14)18-20-8-10-23(18)9-7-17-21-19(26-22-17)15-6-3-11-24-15/h1-2,4-5,8,10,12,15H,3,6-7,9,11H2/t15-/m0/s1. The van der Waals surface area contributed by atoms with Crippen molar-refractivity contribution in [3.63, 3.8) is 0 Å². The lowest BCUT2D eigenvalue weighted by molar-refractivity contribution is 0.0835. The van der Waals surface area contributed by atoms with Crippen LogP contribution in [0.1, 0.15) is 30.7 Å². The molecule has 1 aliphatic rings. The normalized spacial score (nSPS) is 17.3. The lowest BCUT2D eigenvalue weighted by atomic mass is 10.2. The molecule has 4 heterocycles. The van der Waals surface area contributed by atoms with Crippen LogP contribution in [-0.4, -0.2) is 26.3 Å². The molecule has 5 rings (SSSR count). The first kappa shape index (κ1) is 15.3. The quantitative estimate of drug-likeness (QED) is 0.545. The van der Waals surface area contributed by atoms with E-state index in [-0.39, 0.29) is 6.10 Å². The Hall–Kier alpha value is -2.93. The molecule has 1 saturated heterocycles. The Kier molecular flexibility index (Phi) is 3.79. The van der Waals surface area contributed by atoms with E-state index in [4.69, 9.17) is 13.7 Å². The number of hydrogen-bond donors (Lipinski definition) is 0. The lowest BCUT2D eigenvalue weighted by Gasteiger charge is -2.04. The number of aryl methyl sites for hydroxylation is 2. The molecule has 4 aromatic rings. The number of ether oxygens (including phenoxy) is 1. The summed E-state index contributed by atoms with van der Waals surface area (Å²) in [4.78, 5) is 8.92. The van der Waals surface area contributed by atoms with E-state index >= 15 is 0 Å². The summed E-state index contributed by atoms with van der Waals surface area (Å²) in [6.45, 7) is 1.45. The smallest absolute Gasteiger partial charge is 0.255 e. The Morgan fingerprint density at radius 2 is 2.19 bits per heavy atom. The van der Waals surface area contributed by atoms with Gasteiger partial charge in [0.1, 0.15) is 11.7 Å². The average molecular weight is 350 g/mol. The van der Waals surface area contributed by atoms with Crippen molar-refractivity contribution >= 4 is 11.0 Å². The predicted octanol–water partition coefficient (Wildman–Crippen LogP) is 3.77. The van der Waals surface area contributed by atoms with Gasteiger partial charge >= 0.3 is 0 Å². The molecule has 0 amide bonds. The zero-order chi connectivity index (χ0) is 17.3. The summed E-state index contributed by atoms with van der Waals surface area (Å²) < 4.78 is 18.9. The summed E-state index contributed by atoms with van der Waals surface area (Å²) in [7, 11) is 0. The molecule has 1 aliphatic heterocycles. The van der Waals surface area contributed by atoms with E-state index in [1.165, 1.54) is 0 Å². The van der Waals surface area contributed by atoms with E-state index in [2.05, 4.69) is 15.1 Å². The monoisotopic (exact) mass is 350 g/mol. The van der Waals surface area contributed by atoms with E-state index in [0.717, 1.165) is 42.0 Å². The van der Waals surface area contributed by atoms with Crippen molar-refractivity contribution in [3.8, 4) is 11.6 Å². The molecule has 1 aromatic carbocycles. The number of para-hydroxylation sites is 1. The van der Waals surface area contributed by atoms with Gasteiger partial charge in [0.2, 0.25) is 0 Å². The van der Waals surface area contributed by atoms with E-state index < -0.39 is 0 Å². The van der Waals surface area contributed by atoms with Gasteiger partial charge in [-0.25, -0.2) is 4.98 Å². The van der Waals surface area contributed by atoms with Crippen molar-refractivity contribution in [2.24, 2.45) is 0 Å². The number of rotatable bonds is 5. The summed E-state index contributed by atoms with van der Waals surface area (Å²) >= 11 is 0. The molecule has 0 spiro atoms. The minimum absolute atomic E-state index is 0.0457. The molecule has 0 unspecified atom stereocenters. The molecule has 7 nitrogen and oxygen atoms in total. The zero-order valence-electron chi connectivity index (χ0n) is 14.2. The van der Waals surface area contributed by atoms with Crippen LogP contribution < -0.4 is 0 Å².